The summed E-state index contributed by atoms with van der Waals surface area (Å²) in [6.07, 6.45) is 0.684. The Hall–Kier alpha value is -3.39. The van der Waals surface area contributed by atoms with Crippen molar-refractivity contribution < 1.29 is 23.1 Å². The highest BCUT2D eigenvalue weighted by Gasteiger charge is 2.17. The van der Waals surface area contributed by atoms with Crippen LogP contribution in [0.3, 0.4) is 0 Å². The van der Waals surface area contributed by atoms with Gasteiger partial charge in [-0.2, -0.15) is 0 Å². The maximum atomic E-state index is 12.8. The van der Waals surface area contributed by atoms with Crippen LogP contribution in [0.2, 0.25) is 0 Å². The van der Waals surface area contributed by atoms with E-state index in [4.69, 9.17) is 18.3 Å². The summed E-state index contributed by atoms with van der Waals surface area (Å²) < 4.78 is 22.2. The van der Waals surface area contributed by atoms with Gasteiger partial charge in [-0.3, -0.25) is 4.79 Å². The Labute approximate surface area is 196 Å². The molecule has 0 saturated heterocycles. The first kappa shape index (κ1) is 22.8. The van der Waals surface area contributed by atoms with Crippen LogP contribution in [0.15, 0.2) is 62.6 Å². The molecule has 172 valence electrons. The van der Waals surface area contributed by atoms with Gasteiger partial charge in [0.15, 0.2) is 22.8 Å². The summed E-state index contributed by atoms with van der Waals surface area (Å²) in [7, 11) is 4.98. The number of aryl methyl sites for hydroxylation is 1. The van der Waals surface area contributed by atoms with Crippen LogP contribution in [-0.2, 0) is 12.2 Å². The zero-order chi connectivity index (χ0) is 23.4. The number of hydrogen-bond donors (Lipinski definition) is 0. The second-order valence-corrected chi connectivity index (χ2v) is 8.60. The van der Waals surface area contributed by atoms with Crippen LogP contribution in [0.4, 0.5) is 0 Å². The Morgan fingerprint density at radius 3 is 2.64 bits per heavy atom. The molecular weight excluding hydrogens is 440 g/mol. The number of furan rings is 1. The summed E-state index contributed by atoms with van der Waals surface area (Å²) in [4.78, 5) is 18.9. The maximum Gasteiger partial charge on any atom is 0.289 e. The van der Waals surface area contributed by atoms with Crippen molar-refractivity contribution in [2.24, 2.45) is 0 Å². The number of aromatic nitrogens is 1. The highest BCUT2D eigenvalue weighted by molar-refractivity contribution is 7.98. The van der Waals surface area contributed by atoms with Crippen LogP contribution in [0.25, 0.3) is 11.1 Å². The first-order chi connectivity index (χ1) is 16.0. The molecule has 0 unspecified atom stereocenters. The number of thioether (sulfide) groups is 1. The number of amides is 1. The fourth-order valence-electron chi connectivity index (χ4n) is 3.40. The predicted octanol–water partition coefficient (Wildman–Crippen LogP) is 5.35. The standard InChI is InChI=1S/C25H26N2O5S/c1-16-5-8-20-19(13-16)26-25(32-20)33-15-18-7-10-22(31-18)24(28)27(2)12-11-17-6-9-21(29-3)23(14-17)30-4/h5-10,13-14H,11-12,15H2,1-4H3. The van der Waals surface area contributed by atoms with E-state index in [1.165, 1.54) is 11.8 Å². The van der Waals surface area contributed by atoms with Crippen LogP contribution in [0.1, 0.15) is 27.4 Å². The molecule has 0 fully saturated rings. The Bertz CT molecular complexity index is 1260. The lowest BCUT2D eigenvalue weighted by atomic mass is 10.1. The van der Waals surface area contributed by atoms with Gasteiger partial charge >= 0.3 is 0 Å². The molecule has 0 aliphatic heterocycles. The highest BCUT2D eigenvalue weighted by Crippen LogP contribution is 2.29. The van der Waals surface area contributed by atoms with Gasteiger partial charge in [-0.25, -0.2) is 4.98 Å². The number of likely N-dealkylation sites (N-methyl/N-ethyl adjacent to an activating group) is 1. The van der Waals surface area contributed by atoms with E-state index >= 15 is 0 Å². The number of ether oxygens (including phenoxy) is 2. The van der Waals surface area contributed by atoms with Gasteiger partial charge in [0.1, 0.15) is 11.3 Å². The number of methoxy groups -OCH3 is 2. The fourth-order valence-corrected chi connectivity index (χ4v) is 4.14. The van der Waals surface area contributed by atoms with Crippen molar-refractivity contribution in [2.75, 3.05) is 27.8 Å². The molecule has 1 amide bonds. The lowest BCUT2D eigenvalue weighted by Gasteiger charge is -2.16. The molecule has 0 aliphatic rings. The number of rotatable bonds is 9. The van der Waals surface area contributed by atoms with Gasteiger partial charge in [0.25, 0.3) is 11.1 Å². The molecular formula is C25H26N2O5S. The van der Waals surface area contributed by atoms with Gasteiger partial charge in [-0.1, -0.05) is 23.9 Å². The molecule has 2 aromatic heterocycles. The van der Waals surface area contributed by atoms with E-state index in [2.05, 4.69) is 4.98 Å². The van der Waals surface area contributed by atoms with Gasteiger partial charge in [0.05, 0.1) is 20.0 Å². The molecule has 0 N–H and O–H groups in total. The zero-order valence-electron chi connectivity index (χ0n) is 19.1. The summed E-state index contributed by atoms with van der Waals surface area (Å²) in [5.41, 5.74) is 3.78. The molecule has 0 atom stereocenters. The van der Waals surface area contributed by atoms with Crippen molar-refractivity contribution >= 4 is 28.8 Å². The van der Waals surface area contributed by atoms with E-state index in [0.717, 1.165) is 22.2 Å². The lowest BCUT2D eigenvalue weighted by Crippen LogP contribution is -2.28. The summed E-state index contributed by atoms with van der Waals surface area (Å²) in [6.45, 7) is 2.56. The van der Waals surface area contributed by atoms with Crippen LogP contribution in [-0.4, -0.2) is 43.6 Å². The van der Waals surface area contributed by atoms with Crippen molar-refractivity contribution in [3.8, 4) is 11.5 Å². The van der Waals surface area contributed by atoms with E-state index in [-0.39, 0.29) is 5.91 Å². The Kier molecular flexibility index (Phi) is 6.93. The third-order valence-corrected chi connectivity index (χ3v) is 6.11. The van der Waals surface area contributed by atoms with Crippen LogP contribution in [0.5, 0.6) is 11.5 Å². The lowest BCUT2D eigenvalue weighted by molar-refractivity contribution is 0.0763. The van der Waals surface area contributed by atoms with Crippen LogP contribution >= 0.6 is 11.8 Å². The first-order valence-electron chi connectivity index (χ1n) is 10.5. The van der Waals surface area contributed by atoms with Crippen molar-refractivity contribution in [2.45, 2.75) is 24.3 Å². The van der Waals surface area contributed by atoms with E-state index in [9.17, 15) is 4.79 Å². The van der Waals surface area contributed by atoms with Gasteiger partial charge in [-0.15, -0.1) is 0 Å². The Morgan fingerprint density at radius 1 is 1.03 bits per heavy atom. The van der Waals surface area contributed by atoms with Crippen molar-refractivity contribution in [3.05, 3.63) is 71.2 Å². The largest absolute Gasteiger partial charge is 0.493 e. The van der Waals surface area contributed by atoms with Crippen molar-refractivity contribution in [1.82, 2.24) is 9.88 Å². The van der Waals surface area contributed by atoms with Crippen molar-refractivity contribution in [1.29, 1.82) is 0 Å². The molecule has 7 nitrogen and oxygen atoms in total. The second-order valence-electron chi connectivity index (χ2n) is 7.67. The summed E-state index contributed by atoms with van der Waals surface area (Å²) in [5.74, 6) is 2.72. The number of carbonyl (C=O) groups excluding carboxylic acids is 1. The number of nitrogens with zero attached hydrogens (tertiary/aromatic N) is 2. The summed E-state index contributed by atoms with van der Waals surface area (Å²) >= 11 is 1.43. The van der Waals surface area contributed by atoms with Gasteiger partial charge < -0.3 is 23.2 Å². The fraction of sp³-hybridized carbons (Fsp3) is 0.280. The smallest absolute Gasteiger partial charge is 0.289 e. The van der Waals surface area contributed by atoms with Crippen LogP contribution in [0, 0.1) is 6.92 Å². The van der Waals surface area contributed by atoms with Gasteiger partial charge in [-0.05, 0) is 60.9 Å². The molecule has 33 heavy (non-hydrogen) atoms. The first-order valence-corrected chi connectivity index (χ1v) is 11.5. The number of benzene rings is 2. The zero-order valence-corrected chi connectivity index (χ0v) is 19.9. The number of fused-ring (bicyclic) bond motifs is 1. The number of carbonyl (C=O) groups is 1. The molecule has 4 aromatic rings. The molecule has 0 radical (unpaired) electrons. The van der Waals surface area contributed by atoms with E-state index < -0.39 is 0 Å². The molecule has 2 heterocycles. The maximum absolute atomic E-state index is 12.8. The van der Waals surface area contributed by atoms with Crippen LogP contribution < -0.4 is 9.47 Å². The molecule has 0 aliphatic carbocycles. The summed E-state index contributed by atoms with van der Waals surface area (Å²) in [6, 6.07) is 15.2. The Morgan fingerprint density at radius 2 is 1.85 bits per heavy atom. The second kappa shape index (κ2) is 10.0. The quantitative estimate of drug-likeness (QED) is 0.308. The SMILES string of the molecule is COc1ccc(CCN(C)C(=O)c2ccc(CSc3nc4cc(C)ccc4o3)o2)cc1OC. The van der Waals surface area contributed by atoms with E-state index in [1.807, 2.05) is 49.4 Å². The number of hydrogen-bond acceptors (Lipinski definition) is 7. The minimum atomic E-state index is -0.163. The van der Waals surface area contributed by atoms with Gasteiger partial charge in [0.2, 0.25) is 0 Å². The molecule has 8 heteroatoms. The van der Waals surface area contributed by atoms with Gasteiger partial charge in [0, 0.05) is 13.6 Å². The molecule has 2 aromatic carbocycles. The molecule has 0 saturated carbocycles. The monoisotopic (exact) mass is 466 g/mol. The van der Waals surface area contributed by atoms with E-state index in [1.54, 1.807) is 32.2 Å². The topological polar surface area (TPSA) is 77.9 Å². The molecule has 4 rings (SSSR count). The average molecular weight is 467 g/mol. The molecule has 0 bridgehead atoms. The normalized spacial score (nSPS) is 11.0. The Balaban J connectivity index is 1.32. The predicted molar refractivity (Wildman–Crippen MR) is 127 cm³/mol. The minimum Gasteiger partial charge on any atom is -0.493 e. The summed E-state index contributed by atoms with van der Waals surface area (Å²) in [5, 5.41) is 0.576. The van der Waals surface area contributed by atoms with E-state index in [0.29, 0.717) is 47.0 Å². The average Bonchev–Trinajstić information content (AvgIpc) is 3.46. The third-order valence-electron chi connectivity index (χ3n) is 5.26. The third kappa shape index (κ3) is 5.34. The minimum absolute atomic E-state index is 0.163. The number of oxazole rings is 1. The molecule has 0 spiro atoms. The van der Waals surface area contributed by atoms with Crippen molar-refractivity contribution in [3.63, 3.8) is 0 Å². The highest BCUT2D eigenvalue weighted by atomic mass is 32.2.